The number of para-hydroxylation sites is 1. The molecule has 0 saturated carbocycles. The molecule has 1 N–H and O–H groups in total. The highest BCUT2D eigenvalue weighted by molar-refractivity contribution is 5.81. The smallest absolute Gasteiger partial charge is 0.261 e. The van der Waals surface area contributed by atoms with Gasteiger partial charge in [-0.3, -0.25) is 4.79 Å². The number of carbonyl (C=O) groups excluding carboxylic acids is 1. The largest absolute Gasteiger partial charge is 0.486 e. The summed E-state index contributed by atoms with van der Waals surface area (Å²) in [5.74, 6) is 1.96. The van der Waals surface area contributed by atoms with Crippen LogP contribution in [0, 0.1) is 0 Å². The lowest BCUT2D eigenvalue weighted by molar-refractivity contribution is -0.127. The molecule has 1 aliphatic rings. The van der Waals surface area contributed by atoms with Crippen molar-refractivity contribution in [1.29, 1.82) is 0 Å². The third-order valence-electron chi connectivity index (χ3n) is 3.85. The van der Waals surface area contributed by atoms with Crippen LogP contribution in [0.1, 0.15) is 25.5 Å². The highest BCUT2D eigenvalue weighted by Gasteiger charge is 2.19. The van der Waals surface area contributed by atoms with E-state index in [2.05, 4.69) is 5.32 Å². The van der Waals surface area contributed by atoms with E-state index < -0.39 is 6.10 Å². The number of hydrogen-bond acceptors (Lipinski definition) is 4. The minimum absolute atomic E-state index is 0.157. The van der Waals surface area contributed by atoms with E-state index in [0.29, 0.717) is 24.7 Å². The molecule has 0 unspecified atom stereocenters. The van der Waals surface area contributed by atoms with Crippen LogP contribution in [0.3, 0.4) is 0 Å². The van der Waals surface area contributed by atoms with Crippen molar-refractivity contribution in [2.24, 2.45) is 0 Å². The highest BCUT2D eigenvalue weighted by Crippen LogP contribution is 2.32. The van der Waals surface area contributed by atoms with Gasteiger partial charge in [0.2, 0.25) is 0 Å². The van der Waals surface area contributed by atoms with Crippen molar-refractivity contribution < 1.29 is 19.0 Å². The van der Waals surface area contributed by atoms with E-state index in [1.54, 1.807) is 6.92 Å². The van der Waals surface area contributed by atoms with Crippen molar-refractivity contribution in [3.63, 3.8) is 0 Å². The Morgan fingerprint density at radius 2 is 1.75 bits per heavy atom. The molecule has 24 heavy (non-hydrogen) atoms. The lowest BCUT2D eigenvalue weighted by atomic mass is 10.1. The normalized spacial score (nSPS) is 15.2. The van der Waals surface area contributed by atoms with Crippen molar-refractivity contribution in [2.45, 2.75) is 26.0 Å². The number of nitrogens with one attached hydrogen (secondary N) is 1. The fourth-order valence-electron chi connectivity index (χ4n) is 2.50. The Kier molecular flexibility index (Phi) is 4.89. The van der Waals surface area contributed by atoms with Crippen LogP contribution in [0.5, 0.6) is 17.2 Å². The first kappa shape index (κ1) is 16.2. The van der Waals surface area contributed by atoms with E-state index in [4.69, 9.17) is 14.2 Å². The SMILES string of the molecule is C[C@H](Oc1ccccc1)C(=O)N[C@H](C)c1ccc2c(c1)OCCO2. The van der Waals surface area contributed by atoms with Crippen LogP contribution < -0.4 is 19.5 Å². The second-order valence-electron chi connectivity index (χ2n) is 5.71. The van der Waals surface area contributed by atoms with Crippen LogP contribution in [0.15, 0.2) is 48.5 Å². The average molecular weight is 327 g/mol. The maximum absolute atomic E-state index is 12.3. The van der Waals surface area contributed by atoms with E-state index in [-0.39, 0.29) is 11.9 Å². The van der Waals surface area contributed by atoms with Crippen LogP contribution >= 0.6 is 0 Å². The first-order valence-corrected chi connectivity index (χ1v) is 8.05. The molecule has 0 fully saturated rings. The Labute approximate surface area is 141 Å². The molecule has 0 spiro atoms. The Balaban J connectivity index is 1.61. The third kappa shape index (κ3) is 3.79. The maximum atomic E-state index is 12.3. The zero-order valence-corrected chi connectivity index (χ0v) is 13.8. The number of benzene rings is 2. The molecule has 126 valence electrons. The van der Waals surface area contributed by atoms with Gasteiger partial charge in [-0.05, 0) is 43.7 Å². The number of fused-ring (bicyclic) bond motifs is 1. The molecule has 1 heterocycles. The van der Waals surface area contributed by atoms with Gasteiger partial charge in [-0.25, -0.2) is 0 Å². The van der Waals surface area contributed by atoms with Gasteiger partial charge in [-0.15, -0.1) is 0 Å². The fraction of sp³-hybridized carbons (Fsp3) is 0.316. The fourth-order valence-corrected chi connectivity index (χ4v) is 2.50. The standard InChI is InChI=1S/C19H21NO4/c1-13(15-8-9-17-18(12-15)23-11-10-22-17)20-19(21)14(2)24-16-6-4-3-5-7-16/h3-9,12-14H,10-11H2,1-2H3,(H,20,21)/t13-,14+/m1/s1. The van der Waals surface area contributed by atoms with E-state index in [1.807, 2.05) is 55.5 Å². The van der Waals surface area contributed by atoms with Gasteiger partial charge in [0.05, 0.1) is 6.04 Å². The molecule has 1 amide bonds. The van der Waals surface area contributed by atoms with Gasteiger partial charge in [-0.1, -0.05) is 24.3 Å². The zero-order chi connectivity index (χ0) is 16.9. The minimum atomic E-state index is -0.577. The van der Waals surface area contributed by atoms with Gasteiger partial charge in [0.25, 0.3) is 5.91 Å². The zero-order valence-electron chi connectivity index (χ0n) is 13.8. The summed E-state index contributed by atoms with van der Waals surface area (Å²) < 4.78 is 16.7. The second kappa shape index (κ2) is 7.25. The third-order valence-corrected chi connectivity index (χ3v) is 3.85. The van der Waals surface area contributed by atoms with Crippen molar-refractivity contribution >= 4 is 5.91 Å². The van der Waals surface area contributed by atoms with Gasteiger partial charge >= 0.3 is 0 Å². The molecule has 1 aliphatic heterocycles. The Bertz CT molecular complexity index is 702. The number of ether oxygens (including phenoxy) is 3. The van der Waals surface area contributed by atoms with Crippen LogP contribution in [-0.2, 0) is 4.79 Å². The van der Waals surface area contributed by atoms with E-state index in [1.165, 1.54) is 0 Å². The van der Waals surface area contributed by atoms with Gasteiger partial charge in [-0.2, -0.15) is 0 Å². The molecule has 2 aromatic carbocycles. The molecule has 0 saturated heterocycles. The minimum Gasteiger partial charge on any atom is -0.486 e. The van der Waals surface area contributed by atoms with Gasteiger partial charge in [0.15, 0.2) is 17.6 Å². The predicted octanol–water partition coefficient (Wildman–Crippen LogP) is 3.10. The van der Waals surface area contributed by atoms with Crippen LogP contribution in [0.4, 0.5) is 0 Å². The molecule has 0 aromatic heterocycles. The molecule has 3 rings (SSSR count). The summed E-state index contributed by atoms with van der Waals surface area (Å²) in [6, 6.07) is 14.9. The Morgan fingerprint density at radius 3 is 2.50 bits per heavy atom. The number of hydrogen-bond donors (Lipinski definition) is 1. The molecule has 5 heteroatoms. The molecule has 5 nitrogen and oxygen atoms in total. The molecular formula is C19H21NO4. The molecule has 2 atom stereocenters. The van der Waals surface area contributed by atoms with Crippen molar-refractivity contribution in [3.05, 3.63) is 54.1 Å². The van der Waals surface area contributed by atoms with Crippen LogP contribution in [0.25, 0.3) is 0 Å². The van der Waals surface area contributed by atoms with E-state index >= 15 is 0 Å². The molecule has 0 aliphatic carbocycles. The van der Waals surface area contributed by atoms with Crippen molar-refractivity contribution in [3.8, 4) is 17.2 Å². The van der Waals surface area contributed by atoms with Crippen molar-refractivity contribution in [2.75, 3.05) is 13.2 Å². The topological polar surface area (TPSA) is 56.8 Å². The lowest BCUT2D eigenvalue weighted by Crippen LogP contribution is -2.37. The average Bonchev–Trinajstić information content (AvgIpc) is 2.62. The summed E-state index contributed by atoms with van der Waals surface area (Å²) in [5, 5.41) is 2.96. The number of rotatable bonds is 5. The first-order valence-electron chi connectivity index (χ1n) is 8.05. The van der Waals surface area contributed by atoms with E-state index in [0.717, 1.165) is 11.3 Å². The van der Waals surface area contributed by atoms with Crippen LogP contribution in [0.2, 0.25) is 0 Å². The second-order valence-corrected chi connectivity index (χ2v) is 5.71. The summed E-state index contributed by atoms with van der Waals surface area (Å²) >= 11 is 0. The van der Waals surface area contributed by atoms with Crippen molar-refractivity contribution in [1.82, 2.24) is 5.32 Å². The summed E-state index contributed by atoms with van der Waals surface area (Å²) in [5.41, 5.74) is 0.958. The van der Waals surface area contributed by atoms with Crippen LogP contribution in [-0.4, -0.2) is 25.2 Å². The Morgan fingerprint density at radius 1 is 1.04 bits per heavy atom. The van der Waals surface area contributed by atoms with Gasteiger partial charge < -0.3 is 19.5 Å². The summed E-state index contributed by atoms with van der Waals surface area (Å²) in [4.78, 5) is 12.3. The predicted molar refractivity (Wildman–Crippen MR) is 90.5 cm³/mol. The monoisotopic (exact) mass is 327 g/mol. The maximum Gasteiger partial charge on any atom is 0.261 e. The van der Waals surface area contributed by atoms with Gasteiger partial charge in [0, 0.05) is 0 Å². The number of amides is 1. The summed E-state index contributed by atoms with van der Waals surface area (Å²) in [7, 11) is 0. The quantitative estimate of drug-likeness (QED) is 0.917. The summed E-state index contributed by atoms with van der Waals surface area (Å²) in [6.07, 6.45) is -0.577. The molecule has 0 radical (unpaired) electrons. The number of carbonyl (C=O) groups is 1. The molecular weight excluding hydrogens is 306 g/mol. The Hall–Kier alpha value is -2.69. The lowest BCUT2D eigenvalue weighted by Gasteiger charge is -2.22. The highest BCUT2D eigenvalue weighted by atomic mass is 16.6. The molecule has 2 aromatic rings. The first-order chi connectivity index (χ1) is 11.6. The molecule has 0 bridgehead atoms. The van der Waals surface area contributed by atoms with Gasteiger partial charge in [0.1, 0.15) is 19.0 Å². The summed E-state index contributed by atoms with van der Waals surface area (Å²) in [6.45, 7) is 4.77. The van der Waals surface area contributed by atoms with E-state index in [9.17, 15) is 4.79 Å².